The quantitative estimate of drug-likeness (QED) is 0.802. The minimum Gasteiger partial charge on any atom is -0.493 e. The molecule has 1 saturated carbocycles. The summed E-state index contributed by atoms with van der Waals surface area (Å²) in [6.45, 7) is 0.563. The van der Waals surface area contributed by atoms with Crippen LogP contribution < -0.4 is 10.5 Å². The third kappa shape index (κ3) is 2.92. The average molecular weight is 239 g/mol. The molecule has 1 fully saturated rings. The molecule has 1 aromatic carbocycles. The summed E-state index contributed by atoms with van der Waals surface area (Å²) in [6.07, 6.45) is 2.89. The summed E-state index contributed by atoms with van der Waals surface area (Å²) in [6, 6.07) is 6.17. The maximum absolute atomic E-state index is 12.9. The zero-order valence-corrected chi connectivity index (χ0v) is 9.73. The Balaban J connectivity index is 1.90. The molecule has 86 valence electrons. The van der Waals surface area contributed by atoms with Crippen molar-refractivity contribution in [3.05, 3.63) is 30.1 Å². The van der Waals surface area contributed by atoms with Crippen molar-refractivity contribution in [2.24, 2.45) is 11.1 Å². The Hall–Kier alpha value is -1.16. The van der Waals surface area contributed by atoms with E-state index in [4.69, 9.17) is 22.7 Å². The molecule has 2 N–H and O–H groups in total. The summed E-state index contributed by atoms with van der Waals surface area (Å²) < 4.78 is 18.5. The van der Waals surface area contributed by atoms with Crippen molar-refractivity contribution >= 4 is 17.2 Å². The van der Waals surface area contributed by atoms with Gasteiger partial charge in [0.25, 0.3) is 0 Å². The molecule has 2 nitrogen and oxygen atoms in total. The molecule has 0 radical (unpaired) electrons. The topological polar surface area (TPSA) is 35.2 Å². The number of rotatable bonds is 5. The summed E-state index contributed by atoms with van der Waals surface area (Å²) in [5, 5.41) is 0. The van der Waals surface area contributed by atoms with E-state index in [0.717, 1.165) is 19.3 Å². The van der Waals surface area contributed by atoms with Crippen LogP contribution in [0.5, 0.6) is 5.75 Å². The highest BCUT2D eigenvalue weighted by molar-refractivity contribution is 7.80. The number of ether oxygens (including phenoxy) is 1. The Labute approximate surface area is 99.6 Å². The molecule has 4 heteroatoms. The van der Waals surface area contributed by atoms with Gasteiger partial charge in [-0.05, 0) is 25.0 Å². The van der Waals surface area contributed by atoms with Crippen molar-refractivity contribution in [2.45, 2.75) is 19.3 Å². The van der Waals surface area contributed by atoms with Gasteiger partial charge >= 0.3 is 0 Å². The molecule has 0 unspecified atom stereocenters. The molecule has 0 amide bonds. The van der Waals surface area contributed by atoms with Gasteiger partial charge < -0.3 is 10.5 Å². The third-order valence-corrected chi connectivity index (χ3v) is 2.99. The fourth-order valence-corrected chi connectivity index (χ4v) is 2.02. The number of hydrogen-bond acceptors (Lipinski definition) is 2. The van der Waals surface area contributed by atoms with Gasteiger partial charge in [-0.15, -0.1) is 0 Å². The Kier molecular flexibility index (Phi) is 3.10. The summed E-state index contributed by atoms with van der Waals surface area (Å²) in [5.41, 5.74) is 5.64. The zero-order chi connectivity index (χ0) is 11.6. The van der Waals surface area contributed by atoms with Gasteiger partial charge in [-0.25, -0.2) is 4.39 Å². The minimum atomic E-state index is -0.281. The molecule has 0 heterocycles. The lowest BCUT2D eigenvalue weighted by atomic mass is 10.0. The second-order valence-corrected chi connectivity index (χ2v) is 4.91. The van der Waals surface area contributed by atoms with Gasteiger partial charge in [0.05, 0.1) is 11.6 Å². The van der Waals surface area contributed by atoms with Crippen LogP contribution in [-0.2, 0) is 0 Å². The van der Waals surface area contributed by atoms with Crippen molar-refractivity contribution in [3.63, 3.8) is 0 Å². The Morgan fingerprint density at radius 3 is 2.81 bits per heavy atom. The first-order valence-corrected chi connectivity index (χ1v) is 5.67. The molecule has 0 spiro atoms. The zero-order valence-electron chi connectivity index (χ0n) is 8.91. The third-order valence-electron chi connectivity index (χ3n) is 2.85. The van der Waals surface area contributed by atoms with Crippen molar-refractivity contribution < 1.29 is 9.13 Å². The first kappa shape index (κ1) is 11.3. The fraction of sp³-hybridized carbons (Fsp3) is 0.417. The molecular formula is C12H14FNOS. The molecule has 16 heavy (non-hydrogen) atoms. The lowest BCUT2D eigenvalue weighted by Gasteiger charge is -2.15. The maximum Gasteiger partial charge on any atom is 0.126 e. The molecule has 0 atom stereocenters. The SMILES string of the molecule is NC(=S)CC1(COc2cccc(F)c2)CC1. The van der Waals surface area contributed by atoms with E-state index < -0.39 is 0 Å². The molecule has 0 aliphatic heterocycles. The lowest BCUT2D eigenvalue weighted by molar-refractivity contribution is 0.238. The highest BCUT2D eigenvalue weighted by Gasteiger charge is 2.43. The van der Waals surface area contributed by atoms with E-state index in [-0.39, 0.29) is 11.2 Å². The van der Waals surface area contributed by atoms with Gasteiger partial charge in [-0.1, -0.05) is 18.3 Å². The van der Waals surface area contributed by atoms with Crippen LogP contribution in [0, 0.1) is 11.2 Å². The van der Waals surface area contributed by atoms with Gasteiger partial charge in [0.15, 0.2) is 0 Å². The summed E-state index contributed by atoms with van der Waals surface area (Å²) in [7, 11) is 0. The normalized spacial score (nSPS) is 16.8. The lowest BCUT2D eigenvalue weighted by Crippen LogP contribution is -2.21. The highest BCUT2D eigenvalue weighted by atomic mass is 32.1. The monoisotopic (exact) mass is 239 g/mol. The second kappa shape index (κ2) is 4.37. The van der Waals surface area contributed by atoms with Crippen LogP contribution >= 0.6 is 12.2 Å². The number of benzene rings is 1. The van der Waals surface area contributed by atoms with E-state index in [1.54, 1.807) is 12.1 Å². The average Bonchev–Trinajstić information content (AvgIpc) is 2.95. The molecule has 0 saturated heterocycles. The van der Waals surface area contributed by atoms with E-state index in [0.29, 0.717) is 17.3 Å². The number of thiocarbonyl (C=S) groups is 1. The highest BCUT2D eigenvalue weighted by Crippen LogP contribution is 2.48. The Morgan fingerprint density at radius 2 is 2.25 bits per heavy atom. The molecule has 0 bridgehead atoms. The number of halogens is 1. The van der Waals surface area contributed by atoms with Gasteiger partial charge in [0.2, 0.25) is 0 Å². The predicted octanol–water partition coefficient (Wildman–Crippen LogP) is 2.66. The van der Waals surface area contributed by atoms with Gasteiger partial charge in [-0.3, -0.25) is 0 Å². The predicted molar refractivity (Wildman–Crippen MR) is 65.0 cm³/mol. The summed E-state index contributed by atoms with van der Waals surface area (Å²) in [5.74, 6) is 0.283. The Bertz CT molecular complexity index is 404. The fourth-order valence-electron chi connectivity index (χ4n) is 1.71. The maximum atomic E-state index is 12.9. The molecule has 1 aliphatic rings. The van der Waals surface area contributed by atoms with Crippen LogP contribution in [0.25, 0.3) is 0 Å². The van der Waals surface area contributed by atoms with Crippen LogP contribution in [0.1, 0.15) is 19.3 Å². The molecule has 0 aromatic heterocycles. The Morgan fingerprint density at radius 1 is 1.50 bits per heavy atom. The second-order valence-electron chi connectivity index (χ2n) is 4.39. The largest absolute Gasteiger partial charge is 0.493 e. The minimum absolute atomic E-state index is 0.109. The van der Waals surface area contributed by atoms with E-state index in [9.17, 15) is 4.39 Å². The standard InChI is InChI=1S/C12H14FNOS/c13-9-2-1-3-10(6-9)15-8-12(4-5-12)7-11(14)16/h1-3,6H,4-5,7-8H2,(H2,14,16). The van der Waals surface area contributed by atoms with Crippen molar-refractivity contribution in [3.8, 4) is 5.75 Å². The van der Waals surface area contributed by atoms with Crippen LogP contribution in [0.2, 0.25) is 0 Å². The van der Waals surface area contributed by atoms with E-state index in [1.165, 1.54) is 12.1 Å². The van der Waals surface area contributed by atoms with Crippen molar-refractivity contribution in [1.82, 2.24) is 0 Å². The number of hydrogen-bond donors (Lipinski definition) is 1. The summed E-state index contributed by atoms with van der Waals surface area (Å²) >= 11 is 4.90. The van der Waals surface area contributed by atoms with E-state index >= 15 is 0 Å². The van der Waals surface area contributed by atoms with E-state index in [2.05, 4.69) is 0 Å². The molecule has 1 aromatic rings. The van der Waals surface area contributed by atoms with Crippen molar-refractivity contribution in [1.29, 1.82) is 0 Å². The van der Waals surface area contributed by atoms with Crippen LogP contribution in [0.15, 0.2) is 24.3 Å². The van der Waals surface area contributed by atoms with Crippen LogP contribution in [-0.4, -0.2) is 11.6 Å². The summed E-state index contributed by atoms with van der Waals surface area (Å²) in [4.78, 5) is 0.528. The first-order valence-electron chi connectivity index (χ1n) is 5.26. The van der Waals surface area contributed by atoms with Gasteiger partial charge in [0.1, 0.15) is 11.6 Å². The molecule has 2 rings (SSSR count). The number of nitrogens with two attached hydrogens (primary N) is 1. The van der Waals surface area contributed by atoms with Gasteiger partial charge in [0, 0.05) is 17.9 Å². The molecular weight excluding hydrogens is 225 g/mol. The smallest absolute Gasteiger partial charge is 0.126 e. The van der Waals surface area contributed by atoms with Crippen molar-refractivity contribution in [2.75, 3.05) is 6.61 Å². The van der Waals surface area contributed by atoms with E-state index in [1.807, 2.05) is 0 Å². The van der Waals surface area contributed by atoms with Crippen LogP contribution in [0.4, 0.5) is 4.39 Å². The first-order chi connectivity index (χ1) is 7.60. The van der Waals surface area contributed by atoms with Crippen LogP contribution in [0.3, 0.4) is 0 Å². The van der Waals surface area contributed by atoms with Gasteiger partial charge in [-0.2, -0.15) is 0 Å². The molecule has 1 aliphatic carbocycles.